The van der Waals surface area contributed by atoms with Crippen LogP contribution >= 0.6 is 27.5 Å². The van der Waals surface area contributed by atoms with Gasteiger partial charge >= 0.3 is 0 Å². The van der Waals surface area contributed by atoms with Crippen molar-refractivity contribution in [2.24, 2.45) is 0 Å². The molecule has 3 rings (SSSR count). The first kappa shape index (κ1) is 14.7. The largest absolute Gasteiger partial charge is 0.486 e. The van der Waals surface area contributed by atoms with Crippen LogP contribution in [-0.2, 0) is 6.42 Å². The van der Waals surface area contributed by atoms with Crippen molar-refractivity contribution in [2.45, 2.75) is 12.5 Å². The molecule has 0 aromatic heterocycles. The second-order valence-electron chi connectivity index (χ2n) is 4.87. The van der Waals surface area contributed by atoms with Crippen molar-refractivity contribution < 1.29 is 14.6 Å². The first-order valence-corrected chi connectivity index (χ1v) is 7.82. The Bertz CT molecular complexity index is 660. The average Bonchev–Trinajstić information content (AvgIpc) is 2.46. The fourth-order valence-electron chi connectivity index (χ4n) is 2.33. The predicted octanol–water partition coefficient (Wildman–Crippen LogP) is 4.15. The molecular formula is C16H14BrClO3. The van der Waals surface area contributed by atoms with Gasteiger partial charge in [-0.25, -0.2) is 0 Å². The monoisotopic (exact) mass is 368 g/mol. The number of ether oxygens (including phenoxy) is 2. The molecule has 1 atom stereocenters. The van der Waals surface area contributed by atoms with Crippen molar-refractivity contribution in [3.05, 3.63) is 57.0 Å². The molecule has 2 aromatic carbocycles. The van der Waals surface area contributed by atoms with E-state index in [4.69, 9.17) is 21.1 Å². The van der Waals surface area contributed by atoms with E-state index in [-0.39, 0.29) is 0 Å². The molecule has 0 spiro atoms. The second kappa shape index (κ2) is 6.26. The molecule has 21 heavy (non-hydrogen) atoms. The van der Waals surface area contributed by atoms with Crippen molar-refractivity contribution in [3.8, 4) is 11.5 Å². The highest BCUT2D eigenvalue weighted by Crippen LogP contribution is 2.38. The van der Waals surface area contributed by atoms with Crippen LogP contribution in [-0.4, -0.2) is 18.3 Å². The third-order valence-electron chi connectivity index (χ3n) is 3.34. The van der Waals surface area contributed by atoms with Crippen LogP contribution in [0.3, 0.4) is 0 Å². The van der Waals surface area contributed by atoms with Crippen molar-refractivity contribution in [2.75, 3.05) is 13.2 Å². The first-order valence-electron chi connectivity index (χ1n) is 6.65. The van der Waals surface area contributed by atoms with Crippen LogP contribution in [0.2, 0.25) is 5.02 Å². The summed E-state index contributed by atoms with van der Waals surface area (Å²) < 4.78 is 12.0. The lowest BCUT2D eigenvalue weighted by Gasteiger charge is -2.21. The Hall–Kier alpha value is -1.23. The van der Waals surface area contributed by atoms with Crippen molar-refractivity contribution >= 4 is 27.5 Å². The van der Waals surface area contributed by atoms with Crippen molar-refractivity contribution in [1.29, 1.82) is 0 Å². The number of aliphatic hydroxyl groups excluding tert-OH is 1. The molecule has 1 aliphatic rings. The lowest BCUT2D eigenvalue weighted by atomic mass is 10.0. The van der Waals surface area contributed by atoms with Crippen LogP contribution in [0.15, 0.2) is 40.9 Å². The van der Waals surface area contributed by atoms with Gasteiger partial charge < -0.3 is 14.6 Å². The van der Waals surface area contributed by atoms with E-state index in [9.17, 15) is 5.11 Å². The van der Waals surface area contributed by atoms with Crippen LogP contribution < -0.4 is 9.47 Å². The van der Waals surface area contributed by atoms with Gasteiger partial charge in [0.2, 0.25) is 0 Å². The van der Waals surface area contributed by atoms with Crippen LogP contribution in [0, 0.1) is 0 Å². The Kier molecular flexibility index (Phi) is 4.38. The zero-order valence-electron chi connectivity index (χ0n) is 11.2. The first-order chi connectivity index (χ1) is 10.1. The zero-order chi connectivity index (χ0) is 14.8. The smallest absolute Gasteiger partial charge is 0.162 e. The molecule has 0 bridgehead atoms. The molecule has 0 fully saturated rings. The average molecular weight is 370 g/mol. The van der Waals surface area contributed by atoms with E-state index in [1.807, 2.05) is 24.3 Å². The van der Waals surface area contributed by atoms with E-state index < -0.39 is 6.10 Å². The summed E-state index contributed by atoms with van der Waals surface area (Å²) in [7, 11) is 0. The van der Waals surface area contributed by atoms with Crippen LogP contribution in [0.5, 0.6) is 11.5 Å². The summed E-state index contributed by atoms with van der Waals surface area (Å²) in [6, 6.07) is 11.3. The number of rotatable bonds is 3. The van der Waals surface area contributed by atoms with Gasteiger partial charge in [-0.1, -0.05) is 39.7 Å². The van der Waals surface area contributed by atoms with Gasteiger partial charge in [-0.3, -0.25) is 0 Å². The standard InChI is InChI=1S/C16H14BrClO3/c17-11-3-1-2-10(6-11)7-14(19)12-8-15-16(9-13(12)18)21-5-4-20-15/h1-3,6,8-9,14,19H,4-5,7H2. The molecule has 0 amide bonds. The fourth-order valence-corrected chi connectivity index (χ4v) is 3.06. The summed E-state index contributed by atoms with van der Waals surface area (Å²) in [5, 5.41) is 10.9. The molecule has 1 heterocycles. The third kappa shape index (κ3) is 3.34. The van der Waals surface area contributed by atoms with Crippen molar-refractivity contribution in [1.82, 2.24) is 0 Å². The van der Waals surface area contributed by atoms with Gasteiger partial charge in [0, 0.05) is 22.5 Å². The maximum absolute atomic E-state index is 10.5. The summed E-state index contributed by atoms with van der Waals surface area (Å²) in [4.78, 5) is 0. The number of fused-ring (bicyclic) bond motifs is 1. The Morgan fingerprint density at radius 3 is 2.57 bits per heavy atom. The van der Waals surface area contributed by atoms with Gasteiger partial charge in [0.15, 0.2) is 11.5 Å². The van der Waals surface area contributed by atoms with Gasteiger partial charge in [0.05, 0.1) is 11.1 Å². The normalized spacial score (nSPS) is 14.8. The van der Waals surface area contributed by atoms with Crippen LogP contribution in [0.25, 0.3) is 0 Å². The summed E-state index contributed by atoms with van der Waals surface area (Å²) in [5.41, 5.74) is 1.68. The number of hydrogen-bond acceptors (Lipinski definition) is 3. The van der Waals surface area contributed by atoms with Crippen molar-refractivity contribution in [3.63, 3.8) is 0 Å². The summed E-state index contributed by atoms with van der Waals surface area (Å²) in [5.74, 6) is 1.26. The van der Waals surface area contributed by atoms with Crippen LogP contribution in [0.4, 0.5) is 0 Å². The molecule has 5 heteroatoms. The van der Waals surface area contributed by atoms with E-state index in [0.29, 0.717) is 41.7 Å². The van der Waals surface area contributed by atoms with Crippen LogP contribution in [0.1, 0.15) is 17.2 Å². The topological polar surface area (TPSA) is 38.7 Å². The van der Waals surface area contributed by atoms with E-state index >= 15 is 0 Å². The van der Waals surface area contributed by atoms with Gasteiger partial charge in [-0.2, -0.15) is 0 Å². The van der Waals surface area contributed by atoms with Gasteiger partial charge in [-0.15, -0.1) is 0 Å². The minimum absolute atomic E-state index is 0.485. The molecule has 110 valence electrons. The highest BCUT2D eigenvalue weighted by molar-refractivity contribution is 9.10. The molecule has 0 aliphatic carbocycles. The number of halogens is 2. The molecule has 0 saturated carbocycles. The Balaban J connectivity index is 1.85. The highest BCUT2D eigenvalue weighted by Gasteiger charge is 2.19. The fraction of sp³-hybridized carbons (Fsp3) is 0.250. The molecule has 0 radical (unpaired) electrons. The maximum atomic E-state index is 10.5. The van der Waals surface area contributed by atoms with E-state index in [0.717, 1.165) is 10.0 Å². The lowest BCUT2D eigenvalue weighted by Crippen LogP contribution is -2.16. The Labute approximate surface area is 136 Å². The van der Waals surface area contributed by atoms with E-state index in [1.54, 1.807) is 12.1 Å². The summed E-state index contributed by atoms with van der Waals surface area (Å²) in [6.07, 6.45) is -0.207. The predicted molar refractivity (Wildman–Crippen MR) is 85.2 cm³/mol. The molecule has 1 N–H and O–H groups in total. The summed E-state index contributed by atoms with van der Waals surface area (Å²) in [6.45, 7) is 1.03. The molecule has 2 aromatic rings. The molecule has 3 nitrogen and oxygen atoms in total. The molecular weight excluding hydrogens is 356 g/mol. The lowest BCUT2D eigenvalue weighted by molar-refractivity contribution is 0.164. The van der Waals surface area contributed by atoms with E-state index in [1.165, 1.54) is 0 Å². The molecule has 1 unspecified atom stereocenters. The molecule has 0 saturated heterocycles. The van der Waals surface area contributed by atoms with E-state index in [2.05, 4.69) is 15.9 Å². The number of aliphatic hydroxyl groups is 1. The van der Waals surface area contributed by atoms with Gasteiger partial charge in [0.25, 0.3) is 0 Å². The zero-order valence-corrected chi connectivity index (χ0v) is 13.5. The summed E-state index contributed by atoms with van der Waals surface area (Å²) >= 11 is 9.68. The Morgan fingerprint density at radius 1 is 1.14 bits per heavy atom. The van der Waals surface area contributed by atoms with Gasteiger partial charge in [0.1, 0.15) is 13.2 Å². The third-order valence-corrected chi connectivity index (χ3v) is 4.16. The maximum Gasteiger partial charge on any atom is 0.162 e. The molecule has 1 aliphatic heterocycles. The number of hydrogen-bond donors (Lipinski definition) is 1. The SMILES string of the molecule is OC(Cc1cccc(Br)c1)c1cc2c(cc1Cl)OCCO2. The van der Waals surface area contributed by atoms with Gasteiger partial charge in [-0.05, 0) is 23.8 Å². The Morgan fingerprint density at radius 2 is 1.86 bits per heavy atom. The highest BCUT2D eigenvalue weighted by atomic mass is 79.9. The minimum atomic E-state index is -0.692. The second-order valence-corrected chi connectivity index (χ2v) is 6.19. The number of benzene rings is 2. The quantitative estimate of drug-likeness (QED) is 0.883. The minimum Gasteiger partial charge on any atom is -0.486 e.